The summed E-state index contributed by atoms with van der Waals surface area (Å²) in [5, 5.41) is 2.38. The number of hydrogen-bond donors (Lipinski definition) is 1. The molecule has 1 N–H and O–H groups in total. The molecule has 0 saturated carbocycles. The fourth-order valence-corrected chi connectivity index (χ4v) is 0.290. The van der Waals surface area contributed by atoms with E-state index in [-0.39, 0.29) is 51.5 Å². The predicted octanol–water partition coefficient (Wildman–Crippen LogP) is -0.380. The second-order valence-electron chi connectivity index (χ2n) is 1.32. The van der Waals surface area contributed by atoms with Gasteiger partial charge in [0.15, 0.2) is 0 Å². The fourth-order valence-electron chi connectivity index (χ4n) is 0.290. The van der Waals surface area contributed by atoms with Gasteiger partial charge in [0.2, 0.25) is 5.91 Å². The van der Waals surface area contributed by atoms with Gasteiger partial charge in [-0.05, 0) is 0 Å². The van der Waals surface area contributed by atoms with Crippen molar-refractivity contribution in [2.24, 2.45) is 0 Å². The zero-order chi connectivity index (χ0) is 6.41. The molecule has 0 saturated heterocycles. The van der Waals surface area contributed by atoms with E-state index in [0.717, 1.165) is 0 Å². The molecular formula is C5H8NO2Y-. The average Bonchev–Trinajstić information content (AvgIpc) is 1.83. The van der Waals surface area contributed by atoms with Gasteiger partial charge in [0.25, 0.3) is 0 Å². The van der Waals surface area contributed by atoms with Crippen molar-refractivity contribution in [1.29, 1.82) is 0 Å². The van der Waals surface area contributed by atoms with Crippen LogP contribution in [0.4, 0.5) is 0 Å². The Morgan fingerprint density at radius 3 is 2.56 bits per heavy atom. The first-order chi connectivity index (χ1) is 3.81. The molecule has 0 aromatic carbocycles. The molecule has 0 aliphatic heterocycles. The summed E-state index contributed by atoms with van der Waals surface area (Å²) in [5.41, 5.74) is 0. The fraction of sp³-hybridized carbons (Fsp3) is 0.600. The Hall–Kier alpha value is 0.244. The van der Waals surface area contributed by atoms with Crippen molar-refractivity contribution in [3.05, 3.63) is 0 Å². The largest absolute Gasteiger partial charge is 0.542 e. The van der Waals surface area contributed by atoms with E-state index in [1.54, 1.807) is 6.29 Å². The van der Waals surface area contributed by atoms with E-state index >= 15 is 0 Å². The van der Waals surface area contributed by atoms with Gasteiger partial charge in [-0.25, -0.2) is 0 Å². The summed E-state index contributed by atoms with van der Waals surface area (Å²) in [6.45, 7) is 0. The van der Waals surface area contributed by atoms with Gasteiger partial charge in [0.1, 0.15) is 0 Å². The standard InChI is InChI=1S/C5H8NO2.Y/c1-6-5(8)3-2-4-7;/h2-3H2,1H3,(H,6,8);/q-1;. The van der Waals surface area contributed by atoms with Crippen LogP contribution in [0.3, 0.4) is 0 Å². The summed E-state index contributed by atoms with van der Waals surface area (Å²) in [6, 6.07) is 0. The van der Waals surface area contributed by atoms with Crippen LogP contribution in [-0.4, -0.2) is 19.2 Å². The van der Waals surface area contributed by atoms with Crippen molar-refractivity contribution >= 4 is 12.2 Å². The van der Waals surface area contributed by atoms with E-state index in [9.17, 15) is 9.59 Å². The summed E-state index contributed by atoms with van der Waals surface area (Å²) < 4.78 is 0. The van der Waals surface area contributed by atoms with Crippen LogP contribution in [0.25, 0.3) is 0 Å². The first-order valence-corrected chi connectivity index (χ1v) is 2.37. The minimum absolute atomic E-state index is 0. The van der Waals surface area contributed by atoms with Crippen LogP contribution >= 0.6 is 0 Å². The molecule has 4 heteroatoms. The topological polar surface area (TPSA) is 46.2 Å². The summed E-state index contributed by atoms with van der Waals surface area (Å²) in [7, 11) is 1.53. The molecule has 0 aromatic heterocycles. The molecule has 49 valence electrons. The van der Waals surface area contributed by atoms with Gasteiger partial charge in [-0.2, -0.15) is 0 Å². The summed E-state index contributed by atoms with van der Waals surface area (Å²) in [5.74, 6) is -0.117. The zero-order valence-corrected chi connectivity index (χ0v) is 8.15. The Labute approximate surface area is 79.5 Å². The van der Waals surface area contributed by atoms with E-state index < -0.39 is 0 Å². The van der Waals surface area contributed by atoms with Crippen molar-refractivity contribution in [2.75, 3.05) is 7.05 Å². The van der Waals surface area contributed by atoms with E-state index in [1.165, 1.54) is 7.05 Å². The maximum absolute atomic E-state index is 10.3. The quantitative estimate of drug-likeness (QED) is 0.635. The molecule has 3 nitrogen and oxygen atoms in total. The van der Waals surface area contributed by atoms with Crippen LogP contribution in [0, 0.1) is 0 Å². The van der Waals surface area contributed by atoms with Crippen molar-refractivity contribution < 1.29 is 42.3 Å². The number of rotatable bonds is 3. The number of nitrogens with one attached hydrogen (secondary N) is 1. The molecule has 0 atom stereocenters. The van der Waals surface area contributed by atoms with Crippen molar-refractivity contribution in [3.63, 3.8) is 0 Å². The molecule has 0 unspecified atom stereocenters. The SMILES string of the molecule is CNC(=O)CC[C-]=O.[Y]. The van der Waals surface area contributed by atoms with Gasteiger partial charge >= 0.3 is 0 Å². The number of carbonyl (C=O) groups excluding carboxylic acids is 2. The Bertz CT molecular complexity index is 95.0. The van der Waals surface area contributed by atoms with Crippen LogP contribution < -0.4 is 5.32 Å². The van der Waals surface area contributed by atoms with Gasteiger partial charge in [-0.1, -0.05) is 0 Å². The van der Waals surface area contributed by atoms with Gasteiger partial charge < -0.3 is 10.1 Å². The van der Waals surface area contributed by atoms with Crippen molar-refractivity contribution in [2.45, 2.75) is 12.8 Å². The molecule has 1 amide bonds. The van der Waals surface area contributed by atoms with E-state index in [1.807, 2.05) is 0 Å². The maximum atomic E-state index is 10.3. The third kappa shape index (κ3) is 8.24. The number of hydrogen-bond acceptors (Lipinski definition) is 2. The van der Waals surface area contributed by atoms with Crippen LogP contribution in [0.1, 0.15) is 12.8 Å². The monoisotopic (exact) mass is 203 g/mol. The van der Waals surface area contributed by atoms with Gasteiger partial charge in [0, 0.05) is 46.2 Å². The van der Waals surface area contributed by atoms with Crippen LogP contribution in [0.5, 0.6) is 0 Å². The van der Waals surface area contributed by atoms with Crippen molar-refractivity contribution in [3.8, 4) is 0 Å². The Morgan fingerprint density at radius 2 is 2.22 bits per heavy atom. The summed E-state index contributed by atoms with van der Waals surface area (Å²) >= 11 is 0. The second-order valence-corrected chi connectivity index (χ2v) is 1.32. The van der Waals surface area contributed by atoms with Gasteiger partial charge in [-0.15, -0.1) is 6.42 Å². The predicted molar refractivity (Wildman–Crippen MR) is 29.0 cm³/mol. The third-order valence-electron chi connectivity index (χ3n) is 0.733. The molecule has 0 bridgehead atoms. The number of carbonyl (C=O) groups is 1. The van der Waals surface area contributed by atoms with Gasteiger partial charge in [0.05, 0.1) is 0 Å². The van der Waals surface area contributed by atoms with Crippen LogP contribution in [0.2, 0.25) is 0 Å². The van der Waals surface area contributed by atoms with Crippen LogP contribution in [-0.2, 0) is 42.3 Å². The normalized spacial score (nSPS) is 7.22. The molecule has 0 aliphatic rings. The molecule has 9 heavy (non-hydrogen) atoms. The summed E-state index contributed by atoms with van der Waals surface area (Å²) in [4.78, 5) is 19.8. The molecule has 0 aliphatic carbocycles. The van der Waals surface area contributed by atoms with Crippen molar-refractivity contribution in [1.82, 2.24) is 5.32 Å². The van der Waals surface area contributed by atoms with Crippen LogP contribution in [0.15, 0.2) is 0 Å². The Morgan fingerprint density at radius 1 is 1.67 bits per heavy atom. The minimum Gasteiger partial charge on any atom is -0.542 e. The molecule has 0 rings (SSSR count). The molecule has 0 heterocycles. The Balaban J connectivity index is 0. The second kappa shape index (κ2) is 8.24. The minimum atomic E-state index is -0.117. The maximum Gasteiger partial charge on any atom is 0.217 e. The summed E-state index contributed by atoms with van der Waals surface area (Å²) in [6.07, 6.45) is 2.07. The number of amides is 1. The molecule has 0 fully saturated rings. The van der Waals surface area contributed by atoms with Gasteiger partial charge in [-0.3, -0.25) is 11.1 Å². The molecule has 0 spiro atoms. The van der Waals surface area contributed by atoms with E-state index in [4.69, 9.17) is 0 Å². The third-order valence-corrected chi connectivity index (χ3v) is 0.733. The van der Waals surface area contributed by atoms with E-state index in [0.29, 0.717) is 0 Å². The Kier molecular flexibility index (Phi) is 11.0. The van der Waals surface area contributed by atoms with E-state index in [2.05, 4.69) is 5.32 Å². The smallest absolute Gasteiger partial charge is 0.217 e. The zero-order valence-electron chi connectivity index (χ0n) is 5.31. The first-order valence-electron chi connectivity index (χ1n) is 2.37. The molecular weight excluding hydrogens is 195 g/mol. The first kappa shape index (κ1) is 12.0. The average molecular weight is 203 g/mol. The molecule has 1 radical (unpaired) electrons. The molecule has 0 aromatic rings.